The van der Waals surface area contributed by atoms with Crippen LogP contribution in [0, 0.1) is 0 Å². The number of hydrogen-bond donors (Lipinski definition) is 1. The monoisotopic (exact) mass is 395 g/mol. The maximum absolute atomic E-state index is 11.3. The Morgan fingerprint density at radius 1 is 1.33 bits per heavy atom. The van der Waals surface area contributed by atoms with Gasteiger partial charge in [0.25, 0.3) is 10.1 Å². The summed E-state index contributed by atoms with van der Waals surface area (Å²) in [5.74, 6) is -0.0819. The van der Waals surface area contributed by atoms with E-state index in [4.69, 9.17) is 37.2 Å². The van der Waals surface area contributed by atoms with Gasteiger partial charge in [-0.3, -0.25) is 9.45 Å². The van der Waals surface area contributed by atoms with E-state index in [1.54, 1.807) is 6.07 Å². The zero-order valence-electron chi connectivity index (χ0n) is 13.4. The highest BCUT2D eigenvalue weighted by molar-refractivity contribution is 7.85. The van der Waals surface area contributed by atoms with Crippen molar-refractivity contribution in [3.05, 3.63) is 27.2 Å². The Morgan fingerprint density at radius 3 is 2.54 bits per heavy atom. The predicted molar refractivity (Wildman–Crippen MR) is 91.5 cm³/mol. The number of ether oxygens (including phenoxy) is 2. The number of hydrogen-bond acceptors (Lipinski definition) is 5. The minimum atomic E-state index is -4.25. The van der Waals surface area contributed by atoms with Crippen LogP contribution in [0.5, 0.6) is 5.75 Å². The Morgan fingerprint density at radius 2 is 1.96 bits per heavy atom. The third-order valence-corrected chi connectivity index (χ3v) is 5.89. The molecule has 2 heterocycles. The summed E-state index contributed by atoms with van der Waals surface area (Å²) in [6.07, 6.45) is -0.244. The lowest BCUT2D eigenvalue weighted by molar-refractivity contribution is -0.0612. The molecule has 9 heteroatoms. The first-order valence-corrected chi connectivity index (χ1v) is 9.93. The van der Waals surface area contributed by atoms with Gasteiger partial charge in [0.15, 0.2) is 6.23 Å². The van der Waals surface area contributed by atoms with Crippen molar-refractivity contribution in [2.75, 3.05) is 26.3 Å². The van der Waals surface area contributed by atoms with Gasteiger partial charge in [0.2, 0.25) is 0 Å². The maximum atomic E-state index is 11.3. The number of rotatable bonds is 3. The maximum Gasteiger partial charge on any atom is 0.269 e. The van der Waals surface area contributed by atoms with Crippen molar-refractivity contribution in [2.45, 2.75) is 31.2 Å². The molecule has 2 aliphatic heterocycles. The standard InChI is InChI=1S/C15H19Cl2NO5S/c1-15(2)12-11(23-14(15)18-3-5-22-6-4-18)7-10(16)9(13(12)17)8-24(19,20)21/h7,14H,3-6,8H2,1-2H3,(H,19,20,21). The Labute approximate surface area is 151 Å². The van der Waals surface area contributed by atoms with Gasteiger partial charge in [-0.2, -0.15) is 8.42 Å². The van der Waals surface area contributed by atoms with Crippen molar-refractivity contribution in [1.29, 1.82) is 0 Å². The summed E-state index contributed by atoms with van der Waals surface area (Å²) in [5, 5.41) is 0.394. The molecule has 2 aliphatic rings. The van der Waals surface area contributed by atoms with Crippen LogP contribution >= 0.6 is 23.2 Å². The van der Waals surface area contributed by atoms with E-state index in [1.165, 1.54) is 0 Å². The second-order valence-electron chi connectivity index (χ2n) is 6.59. The van der Waals surface area contributed by atoms with Crippen molar-refractivity contribution in [2.24, 2.45) is 0 Å². The van der Waals surface area contributed by atoms with Crippen LogP contribution < -0.4 is 4.74 Å². The normalized spacial score (nSPS) is 23.8. The fourth-order valence-corrected chi connectivity index (χ4v) is 5.02. The molecular weight excluding hydrogens is 377 g/mol. The van der Waals surface area contributed by atoms with E-state index < -0.39 is 21.3 Å². The molecule has 0 radical (unpaired) electrons. The highest BCUT2D eigenvalue weighted by Crippen LogP contribution is 2.50. The van der Waals surface area contributed by atoms with Crippen LogP contribution in [0.25, 0.3) is 0 Å². The number of halogens is 2. The molecule has 1 unspecified atom stereocenters. The van der Waals surface area contributed by atoms with Gasteiger partial charge < -0.3 is 9.47 Å². The van der Waals surface area contributed by atoms with Crippen molar-refractivity contribution in [1.82, 2.24) is 4.90 Å². The van der Waals surface area contributed by atoms with Gasteiger partial charge in [-0.15, -0.1) is 0 Å². The molecule has 1 aromatic rings. The highest BCUT2D eigenvalue weighted by atomic mass is 35.5. The minimum Gasteiger partial charge on any atom is -0.474 e. The molecule has 1 N–H and O–H groups in total. The van der Waals surface area contributed by atoms with Crippen LogP contribution in [0.15, 0.2) is 6.07 Å². The summed E-state index contributed by atoms with van der Waals surface area (Å²) >= 11 is 12.6. The van der Waals surface area contributed by atoms with Crippen molar-refractivity contribution >= 4 is 33.3 Å². The van der Waals surface area contributed by atoms with Crippen LogP contribution in [0.2, 0.25) is 10.0 Å². The van der Waals surface area contributed by atoms with E-state index in [0.29, 0.717) is 24.5 Å². The Hall–Kier alpha value is -0.570. The smallest absolute Gasteiger partial charge is 0.269 e. The van der Waals surface area contributed by atoms with Crippen molar-refractivity contribution in [3.8, 4) is 5.75 Å². The summed E-state index contributed by atoms with van der Waals surface area (Å²) in [6, 6.07) is 1.57. The van der Waals surface area contributed by atoms with Gasteiger partial charge >= 0.3 is 0 Å². The van der Waals surface area contributed by atoms with Gasteiger partial charge in [0, 0.05) is 29.6 Å². The fourth-order valence-electron chi connectivity index (χ4n) is 3.38. The summed E-state index contributed by atoms with van der Waals surface area (Å²) < 4.78 is 43.2. The minimum absolute atomic E-state index is 0.162. The van der Waals surface area contributed by atoms with Gasteiger partial charge in [-0.05, 0) is 6.07 Å². The van der Waals surface area contributed by atoms with E-state index in [1.807, 2.05) is 13.8 Å². The summed E-state index contributed by atoms with van der Waals surface area (Å²) in [4.78, 5) is 2.18. The first-order valence-electron chi connectivity index (χ1n) is 7.56. The summed E-state index contributed by atoms with van der Waals surface area (Å²) in [5.41, 5.74) is 0.435. The number of morpholine rings is 1. The summed E-state index contributed by atoms with van der Waals surface area (Å²) in [6.45, 7) is 6.74. The molecule has 0 bridgehead atoms. The first kappa shape index (κ1) is 18.2. The Bertz CT molecular complexity index is 760. The number of fused-ring (bicyclic) bond motifs is 1. The largest absolute Gasteiger partial charge is 0.474 e. The average molecular weight is 396 g/mol. The molecule has 1 saturated heterocycles. The molecule has 6 nitrogen and oxygen atoms in total. The van der Waals surface area contributed by atoms with E-state index in [0.717, 1.165) is 13.1 Å². The molecule has 0 aliphatic carbocycles. The van der Waals surface area contributed by atoms with Crippen LogP contribution in [0.1, 0.15) is 25.0 Å². The van der Waals surface area contributed by atoms with E-state index >= 15 is 0 Å². The van der Waals surface area contributed by atoms with E-state index in [9.17, 15) is 8.42 Å². The molecule has 0 saturated carbocycles. The topological polar surface area (TPSA) is 76.1 Å². The van der Waals surface area contributed by atoms with Gasteiger partial charge in [-0.1, -0.05) is 37.0 Å². The average Bonchev–Trinajstić information content (AvgIpc) is 2.74. The van der Waals surface area contributed by atoms with Gasteiger partial charge in [0.1, 0.15) is 11.5 Å². The number of benzene rings is 1. The Kier molecular flexibility index (Phi) is 4.79. The zero-order chi connectivity index (χ0) is 17.7. The second-order valence-corrected chi connectivity index (χ2v) is 8.83. The van der Waals surface area contributed by atoms with Crippen LogP contribution in [-0.2, 0) is 26.0 Å². The van der Waals surface area contributed by atoms with Gasteiger partial charge in [-0.25, -0.2) is 0 Å². The van der Waals surface area contributed by atoms with Crippen LogP contribution in [0.4, 0.5) is 0 Å². The molecule has 0 spiro atoms. The van der Waals surface area contributed by atoms with Crippen LogP contribution in [-0.4, -0.2) is 50.4 Å². The summed E-state index contributed by atoms with van der Waals surface area (Å²) in [7, 11) is -4.25. The van der Waals surface area contributed by atoms with Crippen LogP contribution in [0.3, 0.4) is 0 Å². The van der Waals surface area contributed by atoms with Crippen molar-refractivity contribution in [3.63, 3.8) is 0 Å². The molecule has 1 atom stereocenters. The third kappa shape index (κ3) is 3.25. The lowest BCUT2D eigenvalue weighted by atomic mass is 9.83. The Balaban J connectivity index is 2.04. The first-order chi connectivity index (χ1) is 11.1. The molecule has 1 fully saturated rings. The molecule has 3 rings (SSSR count). The van der Waals surface area contributed by atoms with Gasteiger partial charge in [0.05, 0.1) is 23.3 Å². The third-order valence-electron chi connectivity index (χ3n) is 4.48. The molecule has 134 valence electrons. The molecule has 1 aromatic carbocycles. The zero-order valence-corrected chi connectivity index (χ0v) is 15.7. The van der Waals surface area contributed by atoms with E-state index in [2.05, 4.69) is 4.90 Å². The van der Waals surface area contributed by atoms with E-state index in [-0.39, 0.29) is 21.8 Å². The van der Waals surface area contributed by atoms with Crippen molar-refractivity contribution < 1.29 is 22.4 Å². The highest BCUT2D eigenvalue weighted by Gasteiger charge is 2.47. The molecule has 0 aromatic heterocycles. The number of nitrogens with zero attached hydrogens (tertiary/aromatic N) is 1. The SMILES string of the molecule is CC1(C)c2c(cc(Cl)c(CS(=O)(=O)O)c2Cl)OC1N1CCOCC1. The predicted octanol–water partition coefficient (Wildman–Crippen LogP) is 2.71. The fraction of sp³-hybridized carbons (Fsp3) is 0.600. The molecule has 24 heavy (non-hydrogen) atoms. The molecular formula is C15H19Cl2NO5S. The molecule has 0 amide bonds. The lowest BCUT2D eigenvalue weighted by Gasteiger charge is -2.38. The second kappa shape index (κ2) is 6.30. The lowest BCUT2D eigenvalue weighted by Crippen LogP contribution is -2.52. The quantitative estimate of drug-likeness (QED) is 0.792.